The molecule has 1 aliphatic rings. The molecule has 5 heteroatoms. The van der Waals surface area contributed by atoms with Crippen molar-refractivity contribution in [1.82, 2.24) is 5.06 Å². The molecule has 0 amide bonds. The maximum Gasteiger partial charge on any atom is 0.338 e. The predicted octanol–water partition coefficient (Wildman–Crippen LogP) is 2.50. The summed E-state index contributed by atoms with van der Waals surface area (Å²) in [6.07, 6.45) is 0. The number of esters is 1. The van der Waals surface area contributed by atoms with Crippen molar-refractivity contribution in [2.24, 2.45) is 4.99 Å². The van der Waals surface area contributed by atoms with Crippen LogP contribution in [0.5, 0.6) is 0 Å². The molecule has 0 aliphatic carbocycles. The van der Waals surface area contributed by atoms with Crippen molar-refractivity contribution < 1.29 is 14.7 Å². The molecule has 1 aliphatic heterocycles. The minimum absolute atomic E-state index is 0.00199. The number of carbonyl (C=O) groups is 1. The number of aliphatic imine (C=N–C) groups is 1. The molecule has 0 radical (unpaired) electrons. The second kappa shape index (κ2) is 5.00. The van der Waals surface area contributed by atoms with Crippen LogP contribution in [-0.2, 0) is 4.74 Å². The molecule has 108 valence electrons. The molecule has 0 saturated heterocycles. The van der Waals surface area contributed by atoms with Gasteiger partial charge in [-0.05, 0) is 39.8 Å². The molecule has 0 saturated carbocycles. The fraction of sp³-hybridized carbons (Fsp3) is 0.467. The molecule has 2 rings (SSSR count). The highest BCUT2D eigenvalue weighted by atomic mass is 16.6. The third-order valence-electron chi connectivity index (χ3n) is 3.77. The van der Waals surface area contributed by atoms with E-state index < -0.39 is 17.2 Å². The van der Waals surface area contributed by atoms with Crippen LogP contribution in [0.1, 0.15) is 38.1 Å². The summed E-state index contributed by atoms with van der Waals surface area (Å²) in [6.45, 7) is 7.33. The molecule has 0 aromatic heterocycles. The third-order valence-corrected chi connectivity index (χ3v) is 3.77. The molecule has 20 heavy (non-hydrogen) atoms. The number of carbonyl (C=O) groups excluding carboxylic acids is 1. The summed E-state index contributed by atoms with van der Waals surface area (Å²) in [5, 5.41) is 11.4. The Kier molecular flexibility index (Phi) is 3.67. The molecule has 1 N–H and O–H groups in total. The Balaban J connectivity index is 2.07. The summed E-state index contributed by atoms with van der Waals surface area (Å²) in [5.74, 6) is -0.419. The van der Waals surface area contributed by atoms with Crippen molar-refractivity contribution in [3.63, 3.8) is 0 Å². The molecule has 0 fully saturated rings. The van der Waals surface area contributed by atoms with Gasteiger partial charge in [-0.2, -0.15) is 5.06 Å². The van der Waals surface area contributed by atoms with E-state index in [1.54, 1.807) is 31.2 Å². The molecule has 1 atom stereocenters. The summed E-state index contributed by atoms with van der Waals surface area (Å²) >= 11 is 0. The van der Waals surface area contributed by atoms with Gasteiger partial charge in [0, 0.05) is 5.71 Å². The van der Waals surface area contributed by atoms with Crippen molar-refractivity contribution in [1.29, 1.82) is 0 Å². The maximum atomic E-state index is 11.9. The van der Waals surface area contributed by atoms with Gasteiger partial charge in [-0.1, -0.05) is 18.2 Å². The fourth-order valence-corrected chi connectivity index (χ4v) is 2.25. The van der Waals surface area contributed by atoms with Gasteiger partial charge in [0.1, 0.15) is 6.61 Å². The van der Waals surface area contributed by atoms with E-state index in [4.69, 9.17) is 4.74 Å². The molecule has 1 aromatic rings. The van der Waals surface area contributed by atoms with Gasteiger partial charge in [-0.15, -0.1) is 0 Å². The average Bonchev–Trinajstić information content (AvgIpc) is 2.58. The maximum absolute atomic E-state index is 11.9. The van der Waals surface area contributed by atoms with Crippen LogP contribution in [0.15, 0.2) is 35.3 Å². The average molecular weight is 276 g/mol. The number of rotatable bonds is 3. The first-order valence-electron chi connectivity index (χ1n) is 6.56. The van der Waals surface area contributed by atoms with Crippen LogP contribution < -0.4 is 0 Å². The minimum Gasteiger partial charge on any atom is -0.458 e. The highest BCUT2D eigenvalue weighted by Gasteiger charge is 2.48. The Morgan fingerprint density at radius 3 is 2.40 bits per heavy atom. The third kappa shape index (κ3) is 2.46. The standard InChI is InChI=1S/C15H20N2O3/c1-11-14(2,3)17(19)15(4,16-11)10-20-13(18)12-8-6-5-7-9-12/h5-9,19H,10H2,1-4H3. The smallest absolute Gasteiger partial charge is 0.338 e. The normalized spacial score (nSPS) is 25.4. The molecular weight excluding hydrogens is 256 g/mol. The lowest BCUT2D eigenvalue weighted by Crippen LogP contribution is -2.53. The van der Waals surface area contributed by atoms with Gasteiger partial charge in [0.05, 0.1) is 11.1 Å². The topological polar surface area (TPSA) is 62.1 Å². The van der Waals surface area contributed by atoms with Gasteiger partial charge in [-0.25, -0.2) is 4.79 Å². The lowest BCUT2D eigenvalue weighted by Gasteiger charge is -2.35. The molecule has 5 nitrogen and oxygen atoms in total. The number of benzene rings is 1. The highest BCUT2D eigenvalue weighted by Crippen LogP contribution is 2.33. The van der Waals surface area contributed by atoms with Gasteiger partial charge in [0.15, 0.2) is 5.66 Å². The van der Waals surface area contributed by atoms with E-state index >= 15 is 0 Å². The fourth-order valence-electron chi connectivity index (χ4n) is 2.25. The van der Waals surface area contributed by atoms with Crippen molar-refractivity contribution in [2.75, 3.05) is 6.61 Å². The van der Waals surface area contributed by atoms with E-state index in [1.807, 2.05) is 26.8 Å². The van der Waals surface area contributed by atoms with E-state index in [1.165, 1.54) is 0 Å². The number of hydrogen-bond acceptors (Lipinski definition) is 5. The van der Waals surface area contributed by atoms with Gasteiger partial charge >= 0.3 is 5.97 Å². The Morgan fingerprint density at radius 2 is 1.90 bits per heavy atom. The van der Waals surface area contributed by atoms with Crippen LogP contribution >= 0.6 is 0 Å². The number of ether oxygens (including phenoxy) is 1. The Hall–Kier alpha value is -1.72. The highest BCUT2D eigenvalue weighted by molar-refractivity contribution is 5.93. The molecule has 1 aromatic carbocycles. The Morgan fingerprint density at radius 1 is 1.30 bits per heavy atom. The van der Waals surface area contributed by atoms with Crippen LogP contribution in [0.3, 0.4) is 0 Å². The molecular formula is C15H20N2O3. The lowest BCUT2D eigenvalue weighted by atomic mass is 10.00. The SMILES string of the molecule is CC1=NC(C)(COC(=O)c2ccccc2)N(O)C1(C)C. The summed E-state index contributed by atoms with van der Waals surface area (Å²) in [7, 11) is 0. The first kappa shape index (κ1) is 14.7. The molecule has 0 bridgehead atoms. The summed E-state index contributed by atoms with van der Waals surface area (Å²) in [5.41, 5.74) is -0.219. The Bertz CT molecular complexity index is 539. The second-order valence-corrected chi connectivity index (χ2v) is 5.73. The number of nitrogens with zero attached hydrogens (tertiary/aromatic N) is 2. The van der Waals surface area contributed by atoms with Crippen molar-refractivity contribution >= 4 is 11.7 Å². The van der Waals surface area contributed by atoms with Crippen LogP contribution in [0.2, 0.25) is 0 Å². The lowest BCUT2D eigenvalue weighted by molar-refractivity contribution is -0.204. The van der Waals surface area contributed by atoms with E-state index in [-0.39, 0.29) is 6.61 Å². The zero-order valence-electron chi connectivity index (χ0n) is 12.3. The second-order valence-electron chi connectivity index (χ2n) is 5.73. The van der Waals surface area contributed by atoms with Crippen molar-refractivity contribution in [3.8, 4) is 0 Å². The van der Waals surface area contributed by atoms with Crippen molar-refractivity contribution in [2.45, 2.75) is 38.9 Å². The molecule has 0 spiro atoms. The Labute approximate surface area is 118 Å². The number of hydroxylamine groups is 2. The van der Waals surface area contributed by atoms with Crippen LogP contribution in [0.25, 0.3) is 0 Å². The van der Waals surface area contributed by atoms with E-state index in [2.05, 4.69) is 4.99 Å². The van der Waals surface area contributed by atoms with Gasteiger partial charge in [-0.3, -0.25) is 4.99 Å². The summed E-state index contributed by atoms with van der Waals surface area (Å²) in [4.78, 5) is 16.4. The van der Waals surface area contributed by atoms with E-state index in [9.17, 15) is 10.0 Å². The van der Waals surface area contributed by atoms with Crippen molar-refractivity contribution in [3.05, 3.63) is 35.9 Å². The minimum atomic E-state index is -0.946. The first-order valence-corrected chi connectivity index (χ1v) is 6.56. The quantitative estimate of drug-likeness (QED) is 0.862. The van der Waals surface area contributed by atoms with Crippen LogP contribution in [0, 0.1) is 0 Å². The zero-order chi connectivity index (χ0) is 15.0. The van der Waals surface area contributed by atoms with Gasteiger partial charge < -0.3 is 9.94 Å². The predicted molar refractivity (Wildman–Crippen MR) is 75.9 cm³/mol. The summed E-state index contributed by atoms with van der Waals surface area (Å²) in [6, 6.07) is 8.76. The van der Waals surface area contributed by atoms with Crippen LogP contribution in [0.4, 0.5) is 0 Å². The number of hydrogen-bond donors (Lipinski definition) is 1. The summed E-state index contributed by atoms with van der Waals surface area (Å²) < 4.78 is 5.28. The van der Waals surface area contributed by atoms with E-state index in [0.29, 0.717) is 5.56 Å². The van der Waals surface area contributed by atoms with Gasteiger partial charge in [0.25, 0.3) is 0 Å². The largest absolute Gasteiger partial charge is 0.458 e. The molecule has 1 heterocycles. The van der Waals surface area contributed by atoms with Gasteiger partial charge in [0.2, 0.25) is 0 Å². The monoisotopic (exact) mass is 276 g/mol. The zero-order valence-corrected chi connectivity index (χ0v) is 12.3. The van der Waals surface area contributed by atoms with E-state index in [0.717, 1.165) is 10.8 Å². The first-order chi connectivity index (χ1) is 9.27. The van der Waals surface area contributed by atoms with Crippen LogP contribution in [-0.4, -0.2) is 39.8 Å². The molecule has 1 unspecified atom stereocenters.